The smallest absolute Gasteiger partial charge is 0.246 e. The predicted molar refractivity (Wildman–Crippen MR) is 135 cm³/mol. The van der Waals surface area contributed by atoms with Crippen LogP contribution >= 0.6 is 0 Å². The van der Waals surface area contributed by atoms with E-state index in [2.05, 4.69) is 4.72 Å². The van der Waals surface area contributed by atoms with E-state index in [0.29, 0.717) is 57.4 Å². The summed E-state index contributed by atoms with van der Waals surface area (Å²) in [4.78, 5) is 2.36. The Morgan fingerprint density at radius 2 is 1.31 bits per heavy atom. The Morgan fingerprint density at radius 1 is 0.800 bits per heavy atom. The zero-order valence-electron chi connectivity index (χ0n) is 20.8. The molecule has 194 valence electrons. The van der Waals surface area contributed by atoms with Crippen LogP contribution in [0.2, 0.25) is 0 Å². The standard InChI is InChI=1S/C24H35N3O6S2/c1-5-32-21-9-7-19(3)17-23(21)34(28,29)25-11-12-26-13-15-27(16-14-26)35(30,31)24-18-20(4)8-10-22(24)33-6-2/h7-10,17-18,25H,5-6,11-16H2,1-4H3. The molecule has 9 nitrogen and oxygen atoms in total. The fourth-order valence-electron chi connectivity index (χ4n) is 3.94. The van der Waals surface area contributed by atoms with Crippen LogP contribution in [0.3, 0.4) is 0 Å². The van der Waals surface area contributed by atoms with Gasteiger partial charge >= 0.3 is 0 Å². The van der Waals surface area contributed by atoms with Gasteiger partial charge in [-0.05, 0) is 63.1 Å². The van der Waals surface area contributed by atoms with E-state index in [0.717, 1.165) is 11.1 Å². The lowest BCUT2D eigenvalue weighted by molar-refractivity contribution is 0.191. The van der Waals surface area contributed by atoms with Gasteiger partial charge in [0.1, 0.15) is 21.3 Å². The molecular formula is C24H35N3O6S2. The molecule has 2 aromatic rings. The van der Waals surface area contributed by atoms with Gasteiger partial charge in [0, 0.05) is 39.3 Å². The van der Waals surface area contributed by atoms with Crippen molar-refractivity contribution in [3.8, 4) is 11.5 Å². The number of piperazine rings is 1. The van der Waals surface area contributed by atoms with Gasteiger partial charge in [0.15, 0.2) is 0 Å². The summed E-state index contributed by atoms with van der Waals surface area (Å²) in [5, 5.41) is 0. The highest BCUT2D eigenvalue weighted by Gasteiger charge is 2.31. The topological polar surface area (TPSA) is 105 Å². The molecule has 0 aliphatic carbocycles. The zero-order valence-corrected chi connectivity index (χ0v) is 22.4. The largest absolute Gasteiger partial charge is 0.492 e. The van der Waals surface area contributed by atoms with Crippen LogP contribution in [-0.4, -0.2) is 78.5 Å². The number of benzene rings is 2. The number of sulfonamides is 2. The van der Waals surface area contributed by atoms with Crippen LogP contribution in [0, 0.1) is 13.8 Å². The minimum atomic E-state index is -3.74. The molecule has 1 aliphatic heterocycles. The summed E-state index contributed by atoms with van der Waals surface area (Å²) >= 11 is 0. The van der Waals surface area contributed by atoms with Gasteiger partial charge in [-0.15, -0.1) is 0 Å². The molecule has 0 unspecified atom stereocenters. The molecule has 0 atom stereocenters. The fourth-order valence-corrected chi connectivity index (χ4v) is 6.83. The van der Waals surface area contributed by atoms with Crippen molar-refractivity contribution in [2.45, 2.75) is 37.5 Å². The molecular weight excluding hydrogens is 490 g/mol. The van der Waals surface area contributed by atoms with Crippen molar-refractivity contribution < 1.29 is 26.3 Å². The van der Waals surface area contributed by atoms with Crippen molar-refractivity contribution in [1.82, 2.24) is 13.9 Å². The molecule has 3 rings (SSSR count). The molecule has 0 spiro atoms. The number of ether oxygens (including phenoxy) is 2. The number of rotatable bonds is 11. The Morgan fingerprint density at radius 3 is 1.86 bits per heavy atom. The normalized spacial score (nSPS) is 15.8. The zero-order chi connectivity index (χ0) is 25.6. The summed E-state index contributed by atoms with van der Waals surface area (Å²) < 4.78 is 67.4. The van der Waals surface area contributed by atoms with E-state index in [9.17, 15) is 16.8 Å². The van der Waals surface area contributed by atoms with Crippen molar-refractivity contribution in [2.75, 3.05) is 52.5 Å². The first-order chi connectivity index (χ1) is 16.6. The maximum atomic E-state index is 13.3. The maximum Gasteiger partial charge on any atom is 0.246 e. The van der Waals surface area contributed by atoms with Gasteiger partial charge in [-0.3, -0.25) is 4.90 Å². The lowest BCUT2D eigenvalue weighted by atomic mass is 10.2. The van der Waals surface area contributed by atoms with Crippen LogP contribution in [0.5, 0.6) is 11.5 Å². The molecule has 1 fully saturated rings. The molecule has 1 saturated heterocycles. The average Bonchev–Trinajstić information content (AvgIpc) is 2.82. The quantitative estimate of drug-likeness (QED) is 0.480. The van der Waals surface area contributed by atoms with Gasteiger partial charge in [-0.2, -0.15) is 4.31 Å². The van der Waals surface area contributed by atoms with E-state index in [-0.39, 0.29) is 16.3 Å². The first-order valence-electron chi connectivity index (χ1n) is 11.8. The van der Waals surface area contributed by atoms with Crippen molar-refractivity contribution >= 4 is 20.0 Å². The lowest BCUT2D eigenvalue weighted by Crippen LogP contribution is -2.50. The molecule has 35 heavy (non-hydrogen) atoms. The maximum absolute atomic E-state index is 13.3. The number of nitrogens with zero attached hydrogens (tertiary/aromatic N) is 2. The predicted octanol–water partition coefficient (Wildman–Crippen LogP) is 2.39. The molecule has 1 aliphatic rings. The van der Waals surface area contributed by atoms with Gasteiger partial charge < -0.3 is 9.47 Å². The molecule has 0 amide bonds. The Kier molecular flexibility index (Phi) is 9.16. The summed E-state index contributed by atoms with van der Waals surface area (Å²) in [5.74, 6) is 0.685. The van der Waals surface area contributed by atoms with Gasteiger partial charge in [-0.25, -0.2) is 21.6 Å². The minimum absolute atomic E-state index is 0.124. The summed E-state index contributed by atoms with van der Waals surface area (Å²) in [5.41, 5.74) is 1.67. The lowest BCUT2D eigenvalue weighted by Gasteiger charge is -2.34. The number of aryl methyl sites for hydroxylation is 2. The summed E-state index contributed by atoms with van der Waals surface area (Å²) in [6.45, 7) is 10.4. The van der Waals surface area contributed by atoms with Crippen LogP contribution in [0.1, 0.15) is 25.0 Å². The fraction of sp³-hybridized carbons (Fsp3) is 0.500. The number of hydrogen-bond donors (Lipinski definition) is 1. The highest BCUT2D eigenvalue weighted by molar-refractivity contribution is 7.89. The molecule has 11 heteroatoms. The van der Waals surface area contributed by atoms with Gasteiger partial charge in [0.2, 0.25) is 20.0 Å². The molecule has 2 aromatic carbocycles. The molecule has 1 heterocycles. The second kappa shape index (κ2) is 11.7. The Labute approximate surface area is 209 Å². The van der Waals surface area contributed by atoms with Crippen LogP contribution in [0.4, 0.5) is 0 Å². The van der Waals surface area contributed by atoms with Gasteiger partial charge in [0.05, 0.1) is 13.2 Å². The molecule has 0 radical (unpaired) electrons. The Balaban J connectivity index is 1.59. The van der Waals surface area contributed by atoms with Crippen molar-refractivity contribution in [1.29, 1.82) is 0 Å². The minimum Gasteiger partial charge on any atom is -0.492 e. The summed E-state index contributed by atoms with van der Waals surface area (Å²) in [6, 6.07) is 10.2. The highest BCUT2D eigenvalue weighted by atomic mass is 32.2. The molecule has 0 aromatic heterocycles. The number of hydrogen-bond acceptors (Lipinski definition) is 7. The monoisotopic (exact) mass is 525 g/mol. The van der Waals surface area contributed by atoms with Crippen LogP contribution in [-0.2, 0) is 20.0 Å². The Hall–Kier alpha value is -2.18. The first kappa shape index (κ1) is 27.4. The van der Waals surface area contributed by atoms with Crippen LogP contribution < -0.4 is 14.2 Å². The summed E-state index contributed by atoms with van der Waals surface area (Å²) in [7, 11) is -7.44. The number of nitrogens with one attached hydrogen (secondary N) is 1. The average molecular weight is 526 g/mol. The summed E-state index contributed by atoms with van der Waals surface area (Å²) in [6.07, 6.45) is 0. The molecule has 1 N–H and O–H groups in total. The van der Waals surface area contributed by atoms with Crippen LogP contribution in [0.15, 0.2) is 46.2 Å². The van der Waals surface area contributed by atoms with E-state index in [4.69, 9.17) is 9.47 Å². The van der Waals surface area contributed by atoms with E-state index in [1.54, 1.807) is 31.2 Å². The molecule has 0 bridgehead atoms. The van der Waals surface area contributed by atoms with Crippen molar-refractivity contribution in [3.63, 3.8) is 0 Å². The third-order valence-corrected chi connectivity index (χ3v) is 9.16. The third-order valence-electron chi connectivity index (χ3n) is 5.76. The molecule has 0 saturated carbocycles. The van der Waals surface area contributed by atoms with Crippen molar-refractivity contribution in [3.05, 3.63) is 47.5 Å². The van der Waals surface area contributed by atoms with E-state index in [1.807, 2.05) is 37.8 Å². The van der Waals surface area contributed by atoms with E-state index >= 15 is 0 Å². The van der Waals surface area contributed by atoms with E-state index in [1.165, 1.54) is 4.31 Å². The Bertz CT molecular complexity index is 1220. The second-order valence-electron chi connectivity index (χ2n) is 8.41. The van der Waals surface area contributed by atoms with Gasteiger partial charge in [-0.1, -0.05) is 12.1 Å². The van der Waals surface area contributed by atoms with Gasteiger partial charge in [0.25, 0.3) is 0 Å². The highest BCUT2D eigenvalue weighted by Crippen LogP contribution is 2.29. The third kappa shape index (κ3) is 6.73. The van der Waals surface area contributed by atoms with Crippen molar-refractivity contribution in [2.24, 2.45) is 0 Å². The SMILES string of the molecule is CCOc1ccc(C)cc1S(=O)(=O)NCCN1CCN(S(=O)(=O)c2cc(C)ccc2OCC)CC1. The van der Waals surface area contributed by atoms with Crippen LogP contribution in [0.25, 0.3) is 0 Å². The first-order valence-corrected chi connectivity index (χ1v) is 14.7. The van der Waals surface area contributed by atoms with E-state index < -0.39 is 20.0 Å². The second-order valence-corrected chi connectivity index (χ2v) is 12.1.